The molecule has 0 aliphatic rings. The number of allylic oxidation sites excluding steroid dienone is 5. The molecule has 3 aromatic rings. The van der Waals surface area contributed by atoms with Crippen LogP contribution in [0.1, 0.15) is 72.6 Å². The third-order valence-corrected chi connectivity index (χ3v) is 6.96. The number of hydrogen-bond acceptors (Lipinski definition) is 1. The maximum Gasteiger partial charge on any atom is 0.127 e. The quantitative estimate of drug-likeness (QED) is 0.203. The van der Waals surface area contributed by atoms with E-state index in [0.717, 1.165) is 69.9 Å². The molecule has 40 heavy (non-hydrogen) atoms. The van der Waals surface area contributed by atoms with Crippen molar-refractivity contribution in [2.75, 3.05) is 5.32 Å². The van der Waals surface area contributed by atoms with Gasteiger partial charge in [0.15, 0.2) is 0 Å². The van der Waals surface area contributed by atoms with Crippen LogP contribution in [0.25, 0.3) is 5.57 Å². The molecule has 214 valence electrons. The number of halogens is 2. The second-order valence-electron chi connectivity index (χ2n) is 10.1. The monoisotopic (exact) mass is 559 g/mol. The fraction of sp³-hybridized carbons (Fsp3) is 0.297. The van der Waals surface area contributed by atoms with E-state index < -0.39 is 0 Å². The van der Waals surface area contributed by atoms with Gasteiger partial charge in [-0.15, -0.1) is 13.2 Å². The molecule has 1 N–H and O–H groups in total. The van der Waals surface area contributed by atoms with Gasteiger partial charge >= 0.3 is 0 Å². The molecule has 0 fully saturated rings. The number of rotatable bonds is 9. The minimum atomic E-state index is -0.0880. The molecule has 3 aromatic carbocycles. The summed E-state index contributed by atoms with van der Waals surface area (Å²) in [6, 6.07) is 16.1. The number of nitrogens with one attached hydrogen (secondary N) is 1. The van der Waals surface area contributed by atoms with E-state index in [1.165, 1.54) is 16.7 Å². The van der Waals surface area contributed by atoms with Crippen molar-refractivity contribution in [3.8, 4) is 0 Å². The maximum absolute atomic E-state index is 14.3. The molecule has 0 amide bonds. The molecule has 0 aliphatic heterocycles. The first-order chi connectivity index (χ1) is 19.0. The average Bonchev–Trinajstić information content (AvgIpc) is 2.91. The van der Waals surface area contributed by atoms with Crippen LogP contribution in [-0.2, 0) is 12.8 Å². The predicted molar refractivity (Wildman–Crippen MR) is 178 cm³/mol. The smallest absolute Gasteiger partial charge is 0.127 e. The molecule has 3 rings (SSSR count). The minimum Gasteiger partial charge on any atom is -0.360 e. The first-order valence-corrected chi connectivity index (χ1v) is 14.3. The van der Waals surface area contributed by atoms with E-state index >= 15 is 0 Å². The standard InChI is InChI=1S/C24H28ClF.C11H15N.C2H4/c1-5-10-22-18(3)15-21(16-24(22)26)17(2)11-7-6-8-12-20-13-9-14-23(25)19(20)4;1-8(2)12-11-6-5-9(3)7-10(11)4;1-2/h6-7,9,11,13-16H,5,8,10,12H2,1-4H3;5-7,12H,1H2,2-4H3;1-2H2/b7-6-,17-11+;;. The maximum atomic E-state index is 14.3. The molecule has 0 bridgehead atoms. The third kappa shape index (κ3) is 11.4. The van der Waals surface area contributed by atoms with E-state index in [0.29, 0.717) is 0 Å². The Kier molecular flexibility index (Phi) is 15.7. The molecule has 1 nitrogen and oxygen atoms in total. The van der Waals surface area contributed by atoms with Gasteiger partial charge in [-0.05, 0) is 118 Å². The van der Waals surface area contributed by atoms with Crippen LogP contribution in [0.3, 0.4) is 0 Å². The van der Waals surface area contributed by atoms with Crippen LogP contribution in [0, 0.1) is 33.5 Å². The Morgan fingerprint density at radius 2 is 1.65 bits per heavy atom. The van der Waals surface area contributed by atoms with E-state index in [9.17, 15) is 4.39 Å². The number of anilines is 1. The van der Waals surface area contributed by atoms with Crippen molar-refractivity contribution >= 4 is 22.9 Å². The Balaban J connectivity index is 0.000000477. The molecule has 0 spiro atoms. The average molecular weight is 560 g/mol. The molecule has 0 saturated heterocycles. The van der Waals surface area contributed by atoms with Gasteiger partial charge in [-0.3, -0.25) is 0 Å². The molecular formula is C37H47ClFN. The van der Waals surface area contributed by atoms with Gasteiger partial charge in [0.2, 0.25) is 0 Å². The van der Waals surface area contributed by atoms with Crippen LogP contribution in [-0.4, -0.2) is 0 Å². The number of hydrogen-bond donors (Lipinski definition) is 1. The second kappa shape index (κ2) is 18.1. The fourth-order valence-electron chi connectivity index (χ4n) is 4.32. The molecule has 0 aromatic heterocycles. The van der Waals surface area contributed by atoms with Crippen molar-refractivity contribution in [3.63, 3.8) is 0 Å². The van der Waals surface area contributed by atoms with Crippen LogP contribution >= 0.6 is 11.6 Å². The Bertz CT molecular complexity index is 1290. The summed E-state index contributed by atoms with van der Waals surface area (Å²) in [7, 11) is 0. The highest BCUT2D eigenvalue weighted by molar-refractivity contribution is 6.31. The van der Waals surface area contributed by atoms with Crippen LogP contribution in [0.15, 0.2) is 92.2 Å². The first-order valence-electron chi connectivity index (χ1n) is 13.9. The van der Waals surface area contributed by atoms with Crippen LogP contribution < -0.4 is 5.32 Å². The zero-order valence-corrected chi connectivity index (χ0v) is 26.3. The van der Waals surface area contributed by atoms with Gasteiger partial charge in [-0.2, -0.15) is 0 Å². The van der Waals surface area contributed by atoms with Gasteiger partial charge in [-0.25, -0.2) is 4.39 Å². The van der Waals surface area contributed by atoms with E-state index in [-0.39, 0.29) is 5.82 Å². The SMILES string of the molecule is C=C.C=C(C)Nc1ccc(C)cc1C.CCCc1c(C)cc(/C(C)=C/C=C\CCc2cccc(Cl)c2C)cc1F. The molecule has 0 aliphatic carbocycles. The zero-order chi connectivity index (χ0) is 30.2. The number of benzene rings is 3. The van der Waals surface area contributed by atoms with Gasteiger partial charge in [-0.1, -0.05) is 85.6 Å². The predicted octanol–water partition coefficient (Wildman–Crippen LogP) is 11.7. The third-order valence-electron chi connectivity index (χ3n) is 6.55. The lowest BCUT2D eigenvalue weighted by molar-refractivity contribution is 0.604. The van der Waals surface area contributed by atoms with Gasteiger partial charge in [0.05, 0.1) is 0 Å². The molecule has 0 radical (unpaired) electrons. The highest BCUT2D eigenvalue weighted by atomic mass is 35.5. The van der Waals surface area contributed by atoms with E-state index in [1.54, 1.807) is 6.07 Å². The molecule has 0 unspecified atom stereocenters. The summed E-state index contributed by atoms with van der Waals surface area (Å²) in [5.41, 5.74) is 11.0. The first kappa shape index (κ1) is 34.7. The topological polar surface area (TPSA) is 12.0 Å². The Labute approximate surface area is 248 Å². The van der Waals surface area contributed by atoms with Crippen molar-refractivity contribution in [3.05, 3.63) is 142 Å². The minimum absolute atomic E-state index is 0.0880. The molecule has 0 heterocycles. The summed E-state index contributed by atoms with van der Waals surface area (Å²) >= 11 is 6.16. The van der Waals surface area contributed by atoms with Crippen molar-refractivity contribution < 1.29 is 4.39 Å². The summed E-state index contributed by atoms with van der Waals surface area (Å²) < 4.78 is 14.3. The second-order valence-corrected chi connectivity index (χ2v) is 10.5. The number of aryl methyl sites for hydroxylation is 4. The molecule has 0 saturated carbocycles. The summed E-state index contributed by atoms with van der Waals surface area (Å²) in [6.45, 7) is 24.1. The van der Waals surface area contributed by atoms with Crippen LogP contribution in [0.5, 0.6) is 0 Å². The zero-order valence-electron chi connectivity index (χ0n) is 25.6. The summed E-state index contributed by atoms with van der Waals surface area (Å²) in [4.78, 5) is 0. The molecular weight excluding hydrogens is 513 g/mol. The lowest BCUT2D eigenvalue weighted by Crippen LogP contribution is -1.96. The lowest BCUT2D eigenvalue weighted by Gasteiger charge is -2.10. The molecule has 3 heteroatoms. The van der Waals surface area contributed by atoms with E-state index in [4.69, 9.17) is 11.6 Å². The molecule has 0 atom stereocenters. The Morgan fingerprint density at radius 3 is 2.25 bits per heavy atom. The summed E-state index contributed by atoms with van der Waals surface area (Å²) in [5, 5.41) is 4.03. The summed E-state index contributed by atoms with van der Waals surface area (Å²) in [5.74, 6) is -0.0880. The van der Waals surface area contributed by atoms with E-state index in [2.05, 4.69) is 101 Å². The van der Waals surface area contributed by atoms with Crippen molar-refractivity contribution in [1.82, 2.24) is 0 Å². The normalized spacial score (nSPS) is 10.9. The van der Waals surface area contributed by atoms with E-state index in [1.807, 2.05) is 32.9 Å². The van der Waals surface area contributed by atoms with Gasteiger partial charge < -0.3 is 5.32 Å². The van der Waals surface area contributed by atoms with Crippen molar-refractivity contribution in [1.29, 1.82) is 0 Å². The van der Waals surface area contributed by atoms with Gasteiger partial charge in [0, 0.05) is 16.4 Å². The van der Waals surface area contributed by atoms with Crippen molar-refractivity contribution in [2.45, 2.75) is 74.1 Å². The van der Waals surface area contributed by atoms with Crippen molar-refractivity contribution in [2.24, 2.45) is 0 Å². The van der Waals surface area contributed by atoms with Gasteiger partial charge in [0.1, 0.15) is 5.82 Å². The largest absolute Gasteiger partial charge is 0.360 e. The fourth-order valence-corrected chi connectivity index (χ4v) is 4.51. The Morgan fingerprint density at radius 1 is 0.950 bits per heavy atom. The highest BCUT2D eigenvalue weighted by Crippen LogP contribution is 2.23. The van der Waals surface area contributed by atoms with Crippen LogP contribution in [0.2, 0.25) is 5.02 Å². The summed E-state index contributed by atoms with van der Waals surface area (Å²) in [6.07, 6.45) is 9.94. The van der Waals surface area contributed by atoms with Gasteiger partial charge in [0.25, 0.3) is 0 Å². The highest BCUT2D eigenvalue weighted by Gasteiger charge is 2.08. The van der Waals surface area contributed by atoms with Crippen LogP contribution in [0.4, 0.5) is 10.1 Å². The lowest BCUT2D eigenvalue weighted by atomic mass is 9.97. The Hall–Kier alpha value is -3.36.